The van der Waals surface area contributed by atoms with Gasteiger partial charge in [0.1, 0.15) is 61.2 Å². The van der Waals surface area contributed by atoms with E-state index in [0.29, 0.717) is 38.5 Å². The van der Waals surface area contributed by atoms with Crippen LogP contribution in [-0.4, -0.2) is 174 Å². The molecule has 0 spiro atoms. The molecule has 3 heterocycles. The molecule has 7 fully saturated rings. The van der Waals surface area contributed by atoms with E-state index in [2.05, 4.69) is 26.8 Å². The first-order chi connectivity index (χ1) is 30.4. The average Bonchev–Trinajstić information content (AvgIpc) is 3.26. The quantitative estimate of drug-likeness (QED) is 0.0834. The fraction of sp³-hybridized carbons (Fsp3) is 0.915. The first kappa shape index (κ1) is 49.7. The lowest BCUT2D eigenvalue weighted by Crippen LogP contribution is -2.66. The number of rotatable bonds is 9. The molecule has 18 nitrogen and oxygen atoms in total. The van der Waals surface area contributed by atoms with Gasteiger partial charge in [-0.15, -0.1) is 0 Å². The highest BCUT2D eigenvalue weighted by atomic mass is 16.7. The Labute approximate surface area is 380 Å². The number of carbonyl (C=O) groups excluding carboxylic acids is 2. The summed E-state index contributed by atoms with van der Waals surface area (Å²) in [5, 5.41) is 108. The standard InChI is InChI=1S/C47H74O18/c1-22-32(52)34(54)36(56)39(61-22)64-38-25(50)17-31(62-26(38)19-48)60-20-27-33(53)35(55)37(57)40(63-27)65-41(58)47-15-13-42(2,59)18-24(47)23-7-8-29-43(3)11-10-30(51)44(4,21-49)28(43)9-12-46(29,6)45(23,5)14-16-47/h7,21-22,24-40,48,50-57,59H,8-20H2,1-6H3/t22-,24-,25+,26+,27+,28+,29+,30-,31+,32-,33+,34+,35-,36+,37+,38-,39-,40-,42+,43-,44-,45+,46+,47-/m0/s1. The summed E-state index contributed by atoms with van der Waals surface area (Å²) < 4.78 is 35.0. The number of hydrogen-bond donors (Lipinski definition) is 10. The van der Waals surface area contributed by atoms with E-state index in [1.165, 1.54) is 6.92 Å². The number of esters is 1. The van der Waals surface area contributed by atoms with Crippen LogP contribution in [0.2, 0.25) is 0 Å². The maximum atomic E-state index is 14.9. The zero-order valence-corrected chi connectivity index (χ0v) is 38.5. The van der Waals surface area contributed by atoms with Gasteiger partial charge in [0.15, 0.2) is 12.6 Å². The Morgan fingerprint density at radius 2 is 1.46 bits per heavy atom. The second-order valence-electron chi connectivity index (χ2n) is 22.4. The SMILES string of the molecule is C[C@@H]1O[C@@H](O[C@H]2[C@H](O)C[C@H](OC[C@H]3O[C@@H](OC(=O)[C@]45CC[C@@](C)(O)C[C@H]4C4=CC[C@@H]6[C@@]7(C)CC[C@H](O)[C@@](C)(C=O)[C@@H]7CC[C@@]6(C)[C@]4(C)CC5)[C@H](O)[C@@H](O)[C@@H]3O)O[C@@H]2CO)[C@H](O)[C@H](O)[C@H]1O. The first-order valence-electron chi connectivity index (χ1n) is 23.8. The Bertz CT molecular complexity index is 1800. The summed E-state index contributed by atoms with van der Waals surface area (Å²) >= 11 is 0. The molecule has 10 N–H and O–H groups in total. The number of aldehydes is 1. The summed E-state index contributed by atoms with van der Waals surface area (Å²) in [7, 11) is 0. The van der Waals surface area contributed by atoms with Crippen LogP contribution >= 0.6 is 0 Å². The Hall–Kier alpha value is -1.72. The Balaban J connectivity index is 0.967. The highest BCUT2D eigenvalue weighted by molar-refractivity contribution is 5.79. The van der Waals surface area contributed by atoms with Crippen molar-refractivity contribution in [2.24, 2.45) is 44.8 Å². The van der Waals surface area contributed by atoms with Crippen molar-refractivity contribution in [3.05, 3.63) is 11.6 Å². The fourth-order valence-corrected chi connectivity index (χ4v) is 14.5. The van der Waals surface area contributed by atoms with Gasteiger partial charge < -0.3 is 84.3 Å². The molecule has 3 saturated heterocycles. The lowest BCUT2D eigenvalue weighted by molar-refractivity contribution is -0.345. The van der Waals surface area contributed by atoms with Crippen LogP contribution in [0.25, 0.3) is 0 Å². The van der Waals surface area contributed by atoms with Crippen molar-refractivity contribution in [3.63, 3.8) is 0 Å². The Morgan fingerprint density at radius 1 is 0.785 bits per heavy atom. The Kier molecular flexibility index (Phi) is 13.5. The number of carbonyl (C=O) groups is 2. The molecule has 0 aromatic rings. The lowest BCUT2D eigenvalue weighted by atomic mass is 9.33. The maximum absolute atomic E-state index is 14.9. The summed E-state index contributed by atoms with van der Waals surface area (Å²) in [6, 6.07) is 0. The van der Waals surface area contributed by atoms with Gasteiger partial charge in [-0.2, -0.15) is 0 Å². The number of ether oxygens (including phenoxy) is 6. The second kappa shape index (κ2) is 17.6. The minimum absolute atomic E-state index is 0.0208. The van der Waals surface area contributed by atoms with Gasteiger partial charge in [0.05, 0.1) is 48.0 Å². The largest absolute Gasteiger partial charge is 0.432 e. The third-order valence-electron chi connectivity index (χ3n) is 18.9. The van der Waals surface area contributed by atoms with Crippen LogP contribution in [0.3, 0.4) is 0 Å². The number of hydrogen-bond acceptors (Lipinski definition) is 18. The van der Waals surface area contributed by atoms with Gasteiger partial charge in [-0.3, -0.25) is 4.79 Å². The van der Waals surface area contributed by atoms with Crippen LogP contribution in [0, 0.1) is 44.8 Å². The molecule has 24 atom stereocenters. The van der Waals surface area contributed by atoms with E-state index in [1.807, 2.05) is 6.92 Å². The molecule has 8 rings (SSSR count). The summed E-state index contributed by atoms with van der Waals surface area (Å²) in [5.74, 6) is -0.826. The Morgan fingerprint density at radius 3 is 2.15 bits per heavy atom. The van der Waals surface area contributed by atoms with Gasteiger partial charge >= 0.3 is 5.97 Å². The van der Waals surface area contributed by atoms with E-state index < -0.39 is 134 Å². The molecule has 5 aliphatic carbocycles. The van der Waals surface area contributed by atoms with Crippen molar-refractivity contribution in [2.45, 2.75) is 210 Å². The summed E-state index contributed by atoms with van der Waals surface area (Å²) in [6.45, 7) is 11.0. The second-order valence-corrected chi connectivity index (χ2v) is 22.4. The van der Waals surface area contributed by atoms with Crippen molar-refractivity contribution < 1.29 is 89.1 Å². The number of allylic oxidation sites excluding steroid dienone is 2. The van der Waals surface area contributed by atoms with Crippen LogP contribution in [0.15, 0.2) is 11.6 Å². The smallest absolute Gasteiger partial charge is 0.315 e. The predicted molar refractivity (Wildman–Crippen MR) is 225 cm³/mol. The van der Waals surface area contributed by atoms with Crippen molar-refractivity contribution >= 4 is 12.3 Å². The van der Waals surface area contributed by atoms with Gasteiger partial charge in [-0.1, -0.05) is 39.3 Å². The van der Waals surface area contributed by atoms with Gasteiger partial charge in [-0.25, -0.2) is 0 Å². The van der Waals surface area contributed by atoms with E-state index in [4.69, 9.17) is 28.4 Å². The van der Waals surface area contributed by atoms with E-state index in [9.17, 15) is 60.7 Å². The third kappa shape index (κ3) is 7.90. The molecule has 0 radical (unpaired) electrons. The minimum Gasteiger partial charge on any atom is -0.432 e. The van der Waals surface area contributed by atoms with Gasteiger partial charge in [0.25, 0.3) is 0 Å². The molecule has 0 bridgehead atoms. The molecule has 370 valence electrons. The average molecular weight is 927 g/mol. The normalized spacial score (nSPS) is 55.7. The molecule has 0 unspecified atom stereocenters. The van der Waals surface area contributed by atoms with E-state index in [1.54, 1.807) is 6.92 Å². The van der Waals surface area contributed by atoms with Crippen LogP contribution in [-0.2, 0) is 38.0 Å². The van der Waals surface area contributed by atoms with E-state index in [-0.39, 0.29) is 34.5 Å². The van der Waals surface area contributed by atoms with Crippen LogP contribution in [0.4, 0.5) is 0 Å². The molecule has 0 aromatic carbocycles. The fourth-order valence-electron chi connectivity index (χ4n) is 14.5. The molecule has 0 aromatic heterocycles. The third-order valence-corrected chi connectivity index (χ3v) is 18.9. The summed E-state index contributed by atoms with van der Waals surface area (Å²) in [4.78, 5) is 27.5. The summed E-state index contributed by atoms with van der Waals surface area (Å²) in [5.41, 5.74) is -2.69. The van der Waals surface area contributed by atoms with Crippen molar-refractivity contribution in [3.8, 4) is 0 Å². The predicted octanol–water partition coefficient (Wildman–Crippen LogP) is 0.101. The van der Waals surface area contributed by atoms with Crippen LogP contribution in [0.1, 0.15) is 112 Å². The van der Waals surface area contributed by atoms with Crippen molar-refractivity contribution in [2.75, 3.05) is 13.2 Å². The molecular weight excluding hydrogens is 852 g/mol. The van der Waals surface area contributed by atoms with Gasteiger partial charge in [0.2, 0.25) is 6.29 Å². The highest BCUT2D eigenvalue weighted by Crippen LogP contribution is 2.75. The topological polar surface area (TPSA) is 292 Å². The molecule has 65 heavy (non-hydrogen) atoms. The lowest BCUT2D eigenvalue weighted by Gasteiger charge is -2.70. The summed E-state index contributed by atoms with van der Waals surface area (Å²) in [6.07, 6.45) is -12.5. The minimum atomic E-state index is -1.83. The molecule has 3 aliphatic heterocycles. The number of aliphatic hydroxyl groups is 10. The molecule has 4 saturated carbocycles. The van der Waals surface area contributed by atoms with Gasteiger partial charge in [0, 0.05) is 6.42 Å². The zero-order valence-electron chi connectivity index (χ0n) is 38.5. The highest BCUT2D eigenvalue weighted by Gasteiger charge is 2.70. The number of aliphatic hydroxyl groups excluding tert-OH is 9. The molecular formula is C47H74O18. The molecule has 8 aliphatic rings. The van der Waals surface area contributed by atoms with Crippen LogP contribution in [0.5, 0.6) is 0 Å². The van der Waals surface area contributed by atoms with Crippen molar-refractivity contribution in [1.82, 2.24) is 0 Å². The van der Waals surface area contributed by atoms with E-state index >= 15 is 0 Å². The van der Waals surface area contributed by atoms with Crippen LogP contribution < -0.4 is 0 Å². The maximum Gasteiger partial charge on any atom is 0.315 e. The first-order valence-corrected chi connectivity index (χ1v) is 23.8. The van der Waals surface area contributed by atoms with Crippen molar-refractivity contribution in [1.29, 1.82) is 0 Å². The number of fused-ring (bicyclic) bond motifs is 7. The molecule has 18 heteroatoms. The zero-order chi connectivity index (χ0) is 47.4. The molecule has 0 amide bonds. The van der Waals surface area contributed by atoms with Gasteiger partial charge in [-0.05, 0) is 112 Å². The van der Waals surface area contributed by atoms with E-state index in [0.717, 1.165) is 37.5 Å². The monoisotopic (exact) mass is 926 g/mol.